The first-order valence-corrected chi connectivity index (χ1v) is 14.2. The molecule has 4 aromatic rings. The molecule has 42 heavy (non-hydrogen) atoms. The standard InChI is InChI=1S/C31H34N6O3.2ClH/c1-22-8-9-24-25(33-22)5-3-6-26(24)35-14-12-34(13-15-35)11-10-23-4-2-7-27-30(23)40-20-28-29(32-21-37(27)28)31(38)36-16-18-39-19-17-36;;/h2-9,21H,10-20H2,1H3;2*1H. The largest absolute Gasteiger partial charge is 0.485 e. The second-order valence-electron chi connectivity index (χ2n) is 10.7. The molecule has 0 atom stereocenters. The normalized spacial score (nSPS) is 16.6. The molecular weight excluding hydrogens is 575 g/mol. The maximum absolute atomic E-state index is 13.1. The number of aromatic nitrogens is 3. The van der Waals surface area contributed by atoms with Crippen LogP contribution in [0.2, 0.25) is 0 Å². The molecule has 2 fully saturated rings. The number of halogens is 2. The van der Waals surface area contributed by atoms with Crippen LogP contribution in [0.15, 0.2) is 54.9 Å². The van der Waals surface area contributed by atoms with Crippen molar-refractivity contribution >= 4 is 47.3 Å². The summed E-state index contributed by atoms with van der Waals surface area (Å²) in [5, 5.41) is 1.23. The highest BCUT2D eigenvalue weighted by Gasteiger charge is 2.29. The summed E-state index contributed by atoms with van der Waals surface area (Å²) in [6.45, 7) is 9.71. The van der Waals surface area contributed by atoms with Crippen LogP contribution in [0.1, 0.15) is 27.4 Å². The molecule has 0 spiro atoms. The number of ether oxygens (including phenoxy) is 2. The second kappa shape index (κ2) is 12.9. The highest BCUT2D eigenvalue weighted by Crippen LogP contribution is 2.35. The summed E-state index contributed by atoms with van der Waals surface area (Å²) < 4.78 is 13.7. The number of carbonyl (C=O) groups is 1. The van der Waals surface area contributed by atoms with Gasteiger partial charge < -0.3 is 19.3 Å². The number of piperazine rings is 1. The third-order valence-corrected chi connectivity index (χ3v) is 8.31. The van der Waals surface area contributed by atoms with Gasteiger partial charge in [-0.2, -0.15) is 0 Å². The van der Waals surface area contributed by atoms with Crippen LogP contribution in [0.25, 0.3) is 16.6 Å². The summed E-state index contributed by atoms with van der Waals surface area (Å²) in [6, 6.07) is 17.0. The number of amides is 1. The van der Waals surface area contributed by atoms with Crippen LogP contribution in [0, 0.1) is 6.92 Å². The first-order chi connectivity index (χ1) is 19.7. The number of fused-ring (bicyclic) bond motifs is 4. The van der Waals surface area contributed by atoms with Crippen LogP contribution < -0.4 is 9.64 Å². The number of hydrogen-bond donors (Lipinski definition) is 0. The minimum Gasteiger partial charge on any atom is -0.485 e. The molecule has 0 unspecified atom stereocenters. The van der Waals surface area contributed by atoms with E-state index in [2.05, 4.69) is 57.2 Å². The van der Waals surface area contributed by atoms with Crippen LogP contribution >= 0.6 is 24.8 Å². The van der Waals surface area contributed by atoms with Crippen molar-refractivity contribution in [3.05, 3.63) is 77.5 Å². The highest BCUT2D eigenvalue weighted by atomic mass is 35.5. The summed E-state index contributed by atoms with van der Waals surface area (Å²) in [5.74, 6) is 0.851. The summed E-state index contributed by atoms with van der Waals surface area (Å²) in [4.78, 5) is 29.2. The van der Waals surface area contributed by atoms with Crippen molar-refractivity contribution < 1.29 is 14.3 Å². The number of anilines is 1. The van der Waals surface area contributed by atoms with E-state index in [1.165, 1.54) is 16.6 Å². The van der Waals surface area contributed by atoms with Gasteiger partial charge in [-0.3, -0.25) is 19.2 Å². The number of para-hydroxylation sites is 1. The molecule has 0 aliphatic carbocycles. The number of carbonyl (C=O) groups excluding carboxylic acids is 1. The van der Waals surface area contributed by atoms with Gasteiger partial charge in [0.2, 0.25) is 0 Å². The minimum atomic E-state index is -0.0470. The number of imidazole rings is 1. The highest BCUT2D eigenvalue weighted by molar-refractivity contribution is 5.94. The second-order valence-corrected chi connectivity index (χ2v) is 10.7. The Morgan fingerprint density at radius 1 is 0.905 bits per heavy atom. The van der Waals surface area contributed by atoms with Gasteiger partial charge in [0.1, 0.15) is 18.7 Å². The molecule has 9 nitrogen and oxygen atoms in total. The Morgan fingerprint density at radius 2 is 1.67 bits per heavy atom. The molecule has 222 valence electrons. The zero-order valence-corrected chi connectivity index (χ0v) is 25.3. The van der Waals surface area contributed by atoms with E-state index in [0.717, 1.165) is 67.5 Å². The van der Waals surface area contributed by atoms with Gasteiger partial charge in [0.25, 0.3) is 5.91 Å². The maximum Gasteiger partial charge on any atom is 0.274 e. The lowest BCUT2D eigenvalue weighted by atomic mass is 10.1. The number of rotatable bonds is 5. The molecule has 5 heterocycles. The van der Waals surface area contributed by atoms with Crippen molar-refractivity contribution in [1.82, 2.24) is 24.3 Å². The molecule has 0 bridgehead atoms. The van der Waals surface area contributed by atoms with Crippen molar-refractivity contribution in [3.8, 4) is 11.4 Å². The maximum atomic E-state index is 13.1. The van der Waals surface area contributed by atoms with Gasteiger partial charge in [-0.05, 0) is 49.2 Å². The predicted molar refractivity (Wildman–Crippen MR) is 168 cm³/mol. The fraction of sp³-hybridized carbons (Fsp3) is 0.387. The molecule has 2 aromatic heterocycles. The van der Waals surface area contributed by atoms with E-state index in [0.29, 0.717) is 38.6 Å². The molecule has 1 amide bonds. The average Bonchev–Trinajstić information content (AvgIpc) is 3.45. The van der Waals surface area contributed by atoms with Gasteiger partial charge in [0.15, 0.2) is 5.69 Å². The van der Waals surface area contributed by atoms with Gasteiger partial charge in [-0.1, -0.05) is 18.2 Å². The SMILES string of the molecule is Cc1ccc2c(N3CCN(CCc4cccc5c4OCc4c(C(=O)N6CCOCC6)ncn4-5)CC3)cccc2n1.Cl.Cl. The fourth-order valence-electron chi connectivity index (χ4n) is 6.09. The summed E-state index contributed by atoms with van der Waals surface area (Å²) in [7, 11) is 0. The van der Waals surface area contributed by atoms with Gasteiger partial charge in [-0.25, -0.2) is 4.98 Å². The Labute approximate surface area is 258 Å². The van der Waals surface area contributed by atoms with Gasteiger partial charge in [-0.15, -0.1) is 24.8 Å². The van der Waals surface area contributed by atoms with E-state index in [1.807, 2.05) is 22.5 Å². The average molecular weight is 612 g/mol. The van der Waals surface area contributed by atoms with Crippen molar-refractivity contribution in [2.75, 3.05) is 63.9 Å². The molecule has 11 heteroatoms. The number of nitrogens with zero attached hydrogens (tertiary/aromatic N) is 6. The van der Waals surface area contributed by atoms with Crippen LogP contribution in [0.4, 0.5) is 5.69 Å². The monoisotopic (exact) mass is 610 g/mol. The lowest BCUT2D eigenvalue weighted by molar-refractivity contribution is 0.0297. The van der Waals surface area contributed by atoms with Crippen LogP contribution in [0.5, 0.6) is 5.75 Å². The zero-order valence-electron chi connectivity index (χ0n) is 23.7. The number of hydrogen-bond acceptors (Lipinski definition) is 7. The Bertz CT molecular complexity index is 1560. The lowest BCUT2D eigenvalue weighted by Gasteiger charge is -2.36. The van der Waals surface area contributed by atoms with E-state index in [4.69, 9.17) is 14.5 Å². The minimum absolute atomic E-state index is 0. The Morgan fingerprint density at radius 3 is 2.48 bits per heavy atom. The molecule has 0 N–H and O–H groups in total. The number of aryl methyl sites for hydroxylation is 1. The van der Waals surface area contributed by atoms with Crippen molar-refractivity contribution in [3.63, 3.8) is 0 Å². The fourth-order valence-corrected chi connectivity index (χ4v) is 6.09. The van der Waals surface area contributed by atoms with Crippen LogP contribution in [-0.4, -0.2) is 89.3 Å². The summed E-state index contributed by atoms with van der Waals surface area (Å²) in [6.07, 6.45) is 2.67. The lowest BCUT2D eigenvalue weighted by Crippen LogP contribution is -2.47. The number of morpholine rings is 1. The molecule has 2 aromatic carbocycles. The topological polar surface area (TPSA) is 76.0 Å². The first-order valence-electron chi connectivity index (χ1n) is 14.2. The first kappa shape index (κ1) is 30.1. The van der Waals surface area contributed by atoms with Crippen LogP contribution in [0.3, 0.4) is 0 Å². The van der Waals surface area contributed by atoms with E-state index in [1.54, 1.807) is 6.33 Å². The quantitative estimate of drug-likeness (QED) is 0.333. The Balaban J connectivity index is 0.00000176. The van der Waals surface area contributed by atoms with E-state index in [9.17, 15) is 4.79 Å². The van der Waals surface area contributed by atoms with Gasteiger partial charge in [0, 0.05) is 62.6 Å². The third kappa shape index (κ3) is 5.66. The molecule has 2 saturated heterocycles. The smallest absolute Gasteiger partial charge is 0.274 e. The summed E-state index contributed by atoms with van der Waals surface area (Å²) in [5.41, 5.74) is 6.83. The summed E-state index contributed by atoms with van der Waals surface area (Å²) >= 11 is 0. The number of pyridine rings is 1. The molecule has 0 radical (unpaired) electrons. The molecule has 0 saturated carbocycles. The van der Waals surface area contributed by atoms with Gasteiger partial charge in [0.05, 0.1) is 30.1 Å². The molecule has 3 aliphatic heterocycles. The van der Waals surface area contributed by atoms with Crippen LogP contribution in [-0.2, 0) is 17.8 Å². The zero-order chi connectivity index (χ0) is 27.1. The van der Waals surface area contributed by atoms with E-state index >= 15 is 0 Å². The third-order valence-electron chi connectivity index (χ3n) is 8.31. The predicted octanol–water partition coefficient (Wildman–Crippen LogP) is 4.30. The molecule has 7 rings (SSSR count). The van der Waals surface area contributed by atoms with E-state index < -0.39 is 0 Å². The van der Waals surface area contributed by atoms with Crippen molar-refractivity contribution in [2.45, 2.75) is 20.0 Å². The van der Waals surface area contributed by atoms with Gasteiger partial charge >= 0.3 is 0 Å². The Hall–Kier alpha value is -3.37. The van der Waals surface area contributed by atoms with E-state index in [-0.39, 0.29) is 30.7 Å². The molecular formula is C31H36Cl2N6O3. The molecule has 3 aliphatic rings. The van der Waals surface area contributed by atoms with Crippen molar-refractivity contribution in [1.29, 1.82) is 0 Å². The number of benzene rings is 2. The van der Waals surface area contributed by atoms with Crippen molar-refractivity contribution in [2.24, 2.45) is 0 Å². The Kier molecular flexibility index (Phi) is 9.22.